The predicted octanol–water partition coefficient (Wildman–Crippen LogP) is 0.770. The molecule has 14 heavy (non-hydrogen) atoms. The number of anilines is 1. The molecule has 0 bridgehead atoms. The molecule has 0 radical (unpaired) electrons. The summed E-state index contributed by atoms with van der Waals surface area (Å²) in [6, 6.07) is 1.54. The molecule has 6 nitrogen and oxygen atoms in total. The number of rotatable bonds is 3. The summed E-state index contributed by atoms with van der Waals surface area (Å²) in [5, 5.41) is 9.54. The highest BCUT2D eigenvalue weighted by Crippen LogP contribution is 2.17. The lowest BCUT2D eigenvalue weighted by atomic mass is 10.6. The molecule has 0 spiro atoms. The minimum absolute atomic E-state index is 0.0553. The van der Waals surface area contributed by atoms with E-state index in [1.165, 1.54) is 20.3 Å². The molecule has 7 heteroatoms. The maximum absolute atomic E-state index is 7.08. The number of nitrogens with one attached hydrogen (secondary N) is 2. The molecule has 1 aromatic rings. The Bertz CT molecular complexity index is 322. The molecule has 0 saturated heterocycles. The Morgan fingerprint density at radius 3 is 2.21 bits per heavy atom. The minimum Gasteiger partial charge on any atom is -0.481 e. The molecule has 0 atom stereocenters. The van der Waals surface area contributed by atoms with Crippen molar-refractivity contribution in [2.45, 2.75) is 0 Å². The molecule has 0 aliphatic carbocycles. The van der Waals surface area contributed by atoms with Gasteiger partial charge in [-0.05, 0) is 0 Å². The van der Waals surface area contributed by atoms with Crippen LogP contribution in [0.2, 0.25) is 0 Å². The van der Waals surface area contributed by atoms with Crippen molar-refractivity contribution in [3.63, 3.8) is 0 Å². The second-order valence-corrected chi connectivity index (χ2v) is 2.70. The van der Waals surface area contributed by atoms with Crippen LogP contribution in [-0.4, -0.2) is 29.4 Å². The summed E-state index contributed by atoms with van der Waals surface area (Å²) in [4.78, 5) is 7.85. The third-order valence-corrected chi connectivity index (χ3v) is 1.44. The van der Waals surface area contributed by atoms with Crippen molar-refractivity contribution < 1.29 is 9.47 Å². The lowest BCUT2D eigenvalue weighted by molar-refractivity contribution is 0.373. The fraction of sp³-hybridized carbons (Fsp3) is 0.286. The Balaban J connectivity index is 2.98. The largest absolute Gasteiger partial charge is 0.481 e. The van der Waals surface area contributed by atoms with Crippen LogP contribution in [0.4, 0.5) is 5.95 Å². The van der Waals surface area contributed by atoms with E-state index in [1.54, 1.807) is 0 Å². The van der Waals surface area contributed by atoms with Gasteiger partial charge in [-0.15, -0.1) is 12.6 Å². The molecule has 0 aliphatic heterocycles. The first-order valence-electron chi connectivity index (χ1n) is 3.67. The number of amidine groups is 1. The second kappa shape index (κ2) is 4.66. The summed E-state index contributed by atoms with van der Waals surface area (Å²) >= 11 is 3.75. The summed E-state index contributed by atoms with van der Waals surface area (Å²) in [5.41, 5.74) is 0. The molecule has 2 N–H and O–H groups in total. The van der Waals surface area contributed by atoms with Crippen LogP contribution in [0.25, 0.3) is 0 Å². The van der Waals surface area contributed by atoms with Crippen molar-refractivity contribution in [1.82, 2.24) is 9.97 Å². The van der Waals surface area contributed by atoms with Crippen LogP contribution in [0, 0.1) is 5.41 Å². The molecule has 0 unspecified atom stereocenters. The third-order valence-electron chi connectivity index (χ3n) is 1.33. The number of methoxy groups -OCH3 is 2. The minimum atomic E-state index is -0.0553. The van der Waals surface area contributed by atoms with Crippen LogP contribution >= 0.6 is 12.6 Å². The summed E-state index contributed by atoms with van der Waals surface area (Å²) < 4.78 is 9.82. The van der Waals surface area contributed by atoms with Crippen LogP contribution in [0.1, 0.15) is 0 Å². The lowest BCUT2D eigenvalue weighted by Gasteiger charge is -2.06. The Labute approximate surface area is 86.6 Å². The Morgan fingerprint density at radius 1 is 1.36 bits per heavy atom. The zero-order chi connectivity index (χ0) is 10.6. The SMILES string of the molecule is COc1cc(OC)nc(NC(=N)S)n1. The molecular weight excluding hydrogens is 204 g/mol. The number of ether oxygens (including phenoxy) is 2. The van der Waals surface area contributed by atoms with Crippen LogP contribution in [0.15, 0.2) is 6.07 Å². The highest BCUT2D eigenvalue weighted by atomic mass is 32.1. The van der Waals surface area contributed by atoms with Gasteiger partial charge in [0, 0.05) is 0 Å². The van der Waals surface area contributed by atoms with Gasteiger partial charge >= 0.3 is 0 Å². The van der Waals surface area contributed by atoms with Crippen LogP contribution in [0.5, 0.6) is 11.8 Å². The zero-order valence-corrected chi connectivity index (χ0v) is 8.63. The number of hydrogen-bond acceptors (Lipinski definition) is 5. The van der Waals surface area contributed by atoms with E-state index in [2.05, 4.69) is 27.9 Å². The normalized spacial score (nSPS) is 9.36. The highest BCUT2D eigenvalue weighted by molar-refractivity contribution is 7.97. The van der Waals surface area contributed by atoms with E-state index in [4.69, 9.17) is 14.9 Å². The van der Waals surface area contributed by atoms with Gasteiger partial charge in [-0.3, -0.25) is 5.41 Å². The molecule has 1 aromatic heterocycles. The zero-order valence-electron chi connectivity index (χ0n) is 7.74. The Hall–Kier alpha value is -1.50. The number of nitrogens with zero attached hydrogens (tertiary/aromatic N) is 2. The fourth-order valence-corrected chi connectivity index (χ4v) is 0.875. The van der Waals surface area contributed by atoms with Gasteiger partial charge < -0.3 is 14.8 Å². The molecule has 76 valence electrons. The molecule has 1 rings (SSSR count). The van der Waals surface area contributed by atoms with Gasteiger partial charge in [0.2, 0.25) is 17.7 Å². The van der Waals surface area contributed by atoms with Crippen molar-refractivity contribution in [2.24, 2.45) is 0 Å². The van der Waals surface area contributed by atoms with Gasteiger partial charge in [0.25, 0.3) is 0 Å². The number of aromatic nitrogens is 2. The monoisotopic (exact) mass is 214 g/mol. The molecule has 0 amide bonds. The average Bonchev–Trinajstić information content (AvgIpc) is 2.16. The summed E-state index contributed by atoms with van der Waals surface area (Å²) in [6.07, 6.45) is 0. The summed E-state index contributed by atoms with van der Waals surface area (Å²) in [6.45, 7) is 0. The van der Waals surface area contributed by atoms with E-state index < -0.39 is 0 Å². The van der Waals surface area contributed by atoms with Crippen molar-refractivity contribution in [3.8, 4) is 11.8 Å². The molecule has 0 saturated carbocycles. The van der Waals surface area contributed by atoms with E-state index in [0.29, 0.717) is 11.8 Å². The van der Waals surface area contributed by atoms with Gasteiger partial charge in [0.15, 0.2) is 5.17 Å². The van der Waals surface area contributed by atoms with E-state index in [9.17, 15) is 0 Å². The van der Waals surface area contributed by atoms with Crippen LogP contribution in [0.3, 0.4) is 0 Å². The molecular formula is C7H10N4O2S. The number of thiol groups is 1. The standard InChI is InChI=1S/C7H10N4O2S/c1-12-4-3-5(13-2)10-7(9-4)11-6(8)14/h3H,1-2H3,(H3,8,9,10,11,14). The van der Waals surface area contributed by atoms with Gasteiger partial charge in [-0.2, -0.15) is 9.97 Å². The molecule has 0 aliphatic rings. The van der Waals surface area contributed by atoms with Crippen LogP contribution < -0.4 is 14.8 Å². The first kappa shape index (κ1) is 10.6. The van der Waals surface area contributed by atoms with Gasteiger partial charge in [-0.1, -0.05) is 0 Å². The van der Waals surface area contributed by atoms with Gasteiger partial charge in [0.05, 0.1) is 20.3 Å². The maximum Gasteiger partial charge on any atom is 0.235 e. The van der Waals surface area contributed by atoms with Crippen molar-refractivity contribution in [3.05, 3.63) is 6.07 Å². The van der Waals surface area contributed by atoms with Crippen molar-refractivity contribution >= 4 is 23.7 Å². The maximum atomic E-state index is 7.08. The van der Waals surface area contributed by atoms with Crippen LogP contribution in [-0.2, 0) is 0 Å². The highest BCUT2D eigenvalue weighted by Gasteiger charge is 2.04. The topological polar surface area (TPSA) is 80.1 Å². The van der Waals surface area contributed by atoms with Gasteiger partial charge in [0.1, 0.15) is 0 Å². The average molecular weight is 214 g/mol. The first-order chi connectivity index (χ1) is 6.65. The predicted molar refractivity (Wildman–Crippen MR) is 55.5 cm³/mol. The lowest BCUT2D eigenvalue weighted by Crippen LogP contribution is -2.07. The number of hydrogen-bond donors (Lipinski definition) is 3. The third kappa shape index (κ3) is 2.77. The van der Waals surface area contributed by atoms with Gasteiger partial charge in [-0.25, -0.2) is 0 Å². The Morgan fingerprint density at radius 2 is 1.86 bits per heavy atom. The summed E-state index contributed by atoms with van der Waals surface area (Å²) in [5.74, 6) is 0.920. The first-order valence-corrected chi connectivity index (χ1v) is 4.12. The van der Waals surface area contributed by atoms with Crippen molar-refractivity contribution in [2.75, 3.05) is 19.5 Å². The van der Waals surface area contributed by atoms with E-state index in [1.807, 2.05) is 0 Å². The summed E-state index contributed by atoms with van der Waals surface area (Å²) in [7, 11) is 2.97. The smallest absolute Gasteiger partial charge is 0.235 e. The molecule has 0 aromatic carbocycles. The second-order valence-electron chi connectivity index (χ2n) is 2.25. The Kier molecular flexibility index (Phi) is 3.52. The van der Waals surface area contributed by atoms with E-state index in [0.717, 1.165) is 0 Å². The van der Waals surface area contributed by atoms with Crippen molar-refractivity contribution in [1.29, 1.82) is 5.41 Å². The van der Waals surface area contributed by atoms with E-state index in [-0.39, 0.29) is 11.1 Å². The fourth-order valence-electron chi connectivity index (χ4n) is 0.775. The molecule has 1 heterocycles. The van der Waals surface area contributed by atoms with E-state index >= 15 is 0 Å². The quantitative estimate of drug-likeness (QED) is 0.393. The molecule has 0 fully saturated rings.